The van der Waals surface area contributed by atoms with E-state index in [1.807, 2.05) is 24.3 Å². The van der Waals surface area contributed by atoms with Crippen LogP contribution in [0.3, 0.4) is 0 Å². The van der Waals surface area contributed by atoms with Crippen molar-refractivity contribution in [1.29, 1.82) is 0 Å². The maximum absolute atomic E-state index is 10.8. The number of aliphatic hydroxyl groups is 1. The second-order valence-electron chi connectivity index (χ2n) is 5.63. The summed E-state index contributed by atoms with van der Waals surface area (Å²) in [6.07, 6.45) is 0. The van der Waals surface area contributed by atoms with E-state index in [1.165, 1.54) is 0 Å². The molecule has 2 nitrogen and oxygen atoms in total. The Bertz CT molecular complexity index is 376. The predicted molar refractivity (Wildman–Crippen MR) is 78.8 cm³/mol. The lowest BCUT2D eigenvalue weighted by molar-refractivity contribution is 0.0834. The third-order valence-electron chi connectivity index (χ3n) is 2.65. The van der Waals surface area contributed by atoms with E-state index in [9.17, 15) is 5.11 Å². The van der Waals surface area contributed by atoms with Gasteiger partial charge in [-0.1, -0.05) is 47.7 Å². The lowest BCUT2D eigenvalue weighted by atomic mass is 9.98. The molecule has 0 aromatic heterocycles. The molecule has 0 aliphatic carbocycles. The monoisotopic (exact) mass is 316 g/mol. The summed E-state index contributed by atoms with van der Waals surface area (Å²) in [5, 5.41) is 11.3. The van der Waals surface area contributed by atoms with Crippen LogP contribution in [0.2, 0.25) is 25.7 Å². The highest BCUT2D eigenvalue weighted by molar-refractivity contribution is 9.09. The minimum atomic E-state index is -1.34. The number of methoxy groups -OCH3 is 1. The van der Waals surface area contributed by atoms with Crippen molar-refractivity contribution in [2.75, 3.05) is 12.4 Å². The molecule has 0 aliphatic heterocycles. The van der Waals surface area contributed by atoms with E-state index in [0.717, 1.165) is 17.4 Å². The van der Waals surface area contributed by atoms with Crippen LogP contribution >= 0.6 is 15.9 Å². The zero-order valence-electron chi connectivity index (χ0n) is 11.0. The predicted octanol–water partition coefficient (Wildman–Crippen LogP) is 3.62. The Hall–Kier alpha value is -0.323. The molecule has 1 N–H and O–H groups in total. The van der Waals surface area contributed by atoms with Crippen LogP contribution in [0, 0.1) is 0 Å². The first-order chi connectivity index (χ1) is 7.80. The van der Waals surface area contributed by atoms with Crippen LogP contribution < -0.4 is 4.74 Å². The molecule has 0 spiro atoms. The average Bonchev–Trinajstić information content (AvgIpc) is 2.27. The molecule has 0 aliphatic rings. The van der Waals surface area contributed by atoms with Crippen molar-refractivity contribution in [1.82, 2.24) is 0 Å². The van der Waals surface area contributed by atoms with E-state index in [1.54, 1.807) is 7.11 Å². The van der Waals surface area contributed by atoms with Gasteiger partial charge in [0.25, 0.3) is 0 Å². The summed E-state index contributed by atoms with van der Waals surface area (Å²) in [6, 6.07) is 8.53. The smallest absolute Gasteiger partial charge is 0.119 e. The van der Waals surface area contributed by atoms with Gasteiger partial charge in [0.1, 0.15) is 5.75 Å². The van der Waals surface area contributed by atoms with Gasteiger partial charge in [-0.05, 0) is 23.7 Å². The molecule has 0 radical (unpaired) electrons. The molecular formula is C13H21BrO2Si. The molecule has 4 heteroatoms. The van der Waals surface area contributed by atoms with Crippen LogP contribution in [0.25, 0.3) is 0 Å². The van der Waals surface area contributed by atoms with Crippen molar-refractivity contribution in [3.8, 4) is 5.75 Å². The van der Waals surface area contributed by atoms with E-state index in [0.29, 0.717) is 5.33 Å². The summed E-state index contributed by atoms with van der Waals surface area (Å²) in [5.41, 5.74) is 0.134. The molecule has 1 aromatic carbocycles. The third kappa shape index (κ3) is 4.12. The minimum absolute atomic E-state index is 0.553. The maximum atomic E-state index is 10.8. The SMILES string of the molecule is COc1cccc(C(O)(CBr)C[Si](C)(C)C)c1. The molecular weight excluding hydrogens is 296 g/mol. The summed E-state index contributed by atoms with van der Waals surface area (Å²) in [5.74, 6) is 0.789. The molecule has 1 rings (SSSR count). The van der Waals surface area contributed by atoms with Crippen molar-refractivity contribution in [3.05, 3.63) is 29.8 Å². The van der Waals surface area contributed by atoms with Gasteiger partial charge < -0.3 is 9.84 Å². The van der Waals surface area contributed by atoms with Crippen LogP contribution in [-0.4, -0.2) is 25.6 Å². The number of hydrogen-bond acceptors (Lipinski definition) is 2. The van der Waals surface area contributed by atoms with Gasteiger partial charge in [-0.3, -0.25) is 0 Å². The molecule has 17 heavy (non-hydrogen) atoms. The number of alkyl halides is 1. The van der Waals surface area contributed by atoms with Gasteiger partial charge in [0.15, 0.2) is 0 Å². The van der Waals surface area contributed by atoms with Crippen LogP contribution in [0.5, 0.6) is 5.75 Å². The molecule has 0 heterocycles. The molecule has 0 bridgehead atoms. The lowest BCUT2D eigenvalue weighted by Gasteiger charge is -2.32. The van der Waals surface area contributed by atoms with Gasteiger partial charge in [0.05, 0.1) is 12.7 Å². The molecule has 1 aromatic rings. The van der Waals surface area contributed by atoms with Gasteiger partial charge in [0, 0.05) is 13.4 Å². The lowest BCUT2D eigenvalue weighted by Crippen LogP contribution is -2.37. The number of benzene rings is 1. The standard InChI is InChI=1S/C13H21BrO2Si/c1-16-12-7-5-6-11(8-12)13(15,9-14)10-17(2,3)4/h5-8,15H,9-10H2,1-4H3. The molecule has 1 atom stereocenters. The number of ether oxygens (including phenoxy) is 1. The number of hydrogen-bond donors (Lipinski definition) is 1. The van der Waals surface area contributed by atoms with Crippen LogP contribution in [0.4, 0.5) is 0 Å². The van der Waals surface area contributed by atoms with E-state index in [2.05, 4.69) is 35.6 Å². The number of rotatable bonds is 5. The maximum Gasteiger partial charge on any atom is 0.119 e. The summed E-state index contributed by atoms with van der Waals surface area (Å²) in [7, 11) is 0.299. The van der Waals surface area contributed by atoms with Gasteiger partial charge in [-0.15, -0.1) is 0 Å². The van der Waals surface area contributed by atoms with E-state index in [-0.39, 0.29) is 0 Å². The molecule has 0 saturated carbocycles. The van der Waals surface area contributed by atoms with Crippen molar-refractivity contribution < 1.29 is 9.84 Å². The van der Waals surface area contributed by atoms with Gasteiger partial charge in [0.2, 0.25) is 0 Å². The van der Waals surface area contributed by atoms with Gasteiger partial charge in [-0.25, -0.2) is 0 Å². The molecule has 1 unspecified atom stereocenters. The Balaban J connectivity index is 3.06. The van der Waals surface area contributed by atoms with Crippen molar-refractivity contribution in [2.45, 2.75) is 31.3 Å². The van der Waals surface area contributed by atoms with Crippen molar-refractivity contribution in [2.24, 2.45) is 0 Å². The van der Waals surface area contributed by atoms with Crippen molar-refractivity contribution in [3.63, 3.8) is 0 Å². The first-order valence-corrected chi connectivity index (χ1v) is 10.6. The second-order valence-corrected chi connectivity index (χ2v) is 11.7. The Morgan fingerprint density at radius 3 is 2.47 bits per heavy atom. The molecule has 96 valence electrons. The minimum Gasteiger partial charge on any atom is -0.497 e. The normalized spacial score (nSPS) is 15.4. The zero-order valence-corrected chi connectivity index (χ0v) is 13.5. The summed E-state index contributed by atoms with van der Waals surface area (Å²) < 4.78 is 5.21. The average molecular weight is 317 g/mol. The van der Waals surface area contributed by atoms with E-state index in [4.69, 9.17) is 4.74 Å². The van der Waals surface area contributed by atoms with Crippen LogP contribution in [-0.2, 0) is 5.60 Å². The quantitative estimate of drug-likeness (QED) is 0.664. The fraction of sp³-hybridized carbons (Fsp3) is 0.538. The highest BCUT2D eigenvalue weighted by Crippen LogP contribution is 2.34. The van der Waals surface area contributed by atoms with E-state index >= 15 is 0 Å². The fourth-order valence-corrected chi connectivity index (χ4v) is 4.99. The highest BCUT2D eigenvalue weighted by atomic mass is 79.9. The van der Waals surface area contributed by atoms with Gasteiger partial charge in [-0.2, -0.15) is 0 Å². The first kappa shape index (κ1) is 14.7. The zero-order chi connectivity index (χ0) is 13.1. The van der Waals surface area contributed by atoms with Crippen LogP contribution in [0.15, 0.2) is 24.3 Å². The molecule has 0 fully saturated rings. The van der Waals surface area contributed by atoms with Crippen LogP contribution in [0.1, 0.15) is 5.56 Å². The Morgan fingerprint density at radius 2 is 2.00 bits per heavy atom. The topological polar surface area (TPSA) is 29.5 Å². The molecule has 0 saturated heterocycles. The van der Waals surface area contributed by atoms with Gasteiger partial charge >= 0.3 is 0 Å². The first-order valence-electron chi connectivity index (χ1n) is 5.74. The fourth-order valence-electron chi connectivity index (χ4n) is 2.02. The Labute approximate surface area is 113 Å². The van der Waals surface area contributed by atoms with E-state index < -0.39 is 13.7 Å². The highest BCUT2D eigenvalue weighted by Gasteiger charge is 2.34. The summed E-state index contributed by atoms with van der Waals surface area (Å²) in [4.78, 5) is 0. The summed E-state index contributed by atoms with van der Waals surface area (Å²) >= 11 is 3.44. The second kappa shape index (κ2) is 5.55. The third-order valence-corrected chi connectivity index (χ3v) is 5.22. The Kier molecular flexibility index (Phi) is 4.81. The van der Waals surface area contributed by atoms with Crippen molar-refractivity contribution >= 4 is 24.0 Å². The molecule has 0 amide bonds. The Morgan fingerprint density at radius 1 is 1.35 bits per heavy atom. The number of halogens is 1. The largest absolute Gasteiger partial charge is 0.497 e. The summed E-state index contributed by atoms with van der Waals surface area (Å²) in [6.45, 7) is 6.79.